The van der Waals surface area contributed by atoms with Crippen LogP contribution in [0.1, 0.15) is 76.0 Å². The van der Waals surface area contributed by atoms with Crippen molar-refractivity contribution in [1.29, 1.82) is 0 Å². The molecule has 0 radical (unpaired) electrons. The smallest absolute Gasteiger partial charge is 1.00 e. The van der Waals surface area contributed by atoms with E-state index in [2.05, 4.69) is 163 Å². The summed E-state index contributed by atoms with van der Waals surface area (Å²) < 4.78 is 0. The van der Waals surface area contributed by atoms with Crippen molar-refractivity contribution in [3.63, 3.8) is 0 Å². The fourth-order valence-electron chi connectivity index (χ4n) is 5.98. The maximum atomic E-state index is 2.52. The zero-order valence-electron chi connectivity index (χ0n) is 25.9. The maximum absolute atomic E-state index is 2.71. The second-order valence-corrected chi connectivity index (χ2v) is 15.6. The summed E-state index contributed by atoms with van der Waals surface area (Å²) >= 11 is 0. The fourth-order valence-corrected chi connectivity index (χ4v) is 11.1. The van der Waals surface area contributed by atoms with Crippen LogP contribution in [-0.4, -0.2) is 8.07 Å². The molecule has 5 aromatic rings. The Bertz CT molecular complexity index is 1430. The van der Waals surface area contributed by atoms with Crippen LogP contribution in [0.5, 0.6) is 0 Å². The molecule has 0 aromatic heterocycles. The van der Waals surface area contributed by atoms with Crippen LogP contribution >= 0.6 is 0 Å². The maximum Gasteiger partial charge on any atom is 4.00 e. The van der Waals surface area contributed by atoms with Gasteiger partial charge in [-0.15, -0.1) is 16.3 Å². The van der Waals surface area contributed by atoms with Gasteiger partial charge in [-0.25, -0.2) is 0 Å². The Morgan fingerprint density at radius 1 is 0.465 bits per heavy atom. The van der Waals surface area contributed by atoms with Crippen LogP contribution in [0.3, 0.4) is 0 Å². The molecule has 0 N–H and O–H groups in total. The molecule has 0 spiro atoms. The van der Waals surface area contributed by atoms with Crippen LogP contribution in [0.25, 0.3) is 11.1 Å². The van der Waals surface area contributed by atoms with E-state index in [0.29, 0.717) is 17.8 Å². The van der Waals surface area contributed by atoms with Crippen molar-refractivity contribution < 1.29 is 58.9 Å². The minimum atomic E-state index is -2.71. The Hall–Kier alpha value is -1.97. The van der Waals surface area contributed by atoms with E-state index in [1.807, 2.05) is 0 Å². The van der Waals surface area contributed by atoms with Gasteiger partial charge in [-0.2, -0.15) is 18.2 Å². The molecule has 0 amide bonds. The second kappa shape index (κ2) is 16.9. The van der Waals surface area contributed by atoms with E-state index in [0.717, 1.165) is 0 Å². The van der Waals surface area contributed by atoms with E-state index in [9.17, 15) is 0 Å². The molecule has 5 rings (SSSR count). The van der Waals surface area contributed by atoms with Crippen molar-refractivity contribution in [1.82, 2.24) is 0 Å². The molecule has 0 unspecified atom stereocenters. The molecule has 0 bridgehead atoms. The normalized spacial score (nSPS) is 10.9. The molecule has 0 saturated carbocycles. The van der Waals surface area contributed by atoms with Gasteiger partial charge in [0, 0.05) is 0 Å². The minimum Gasteiger partial charge on any atom is -1.00 e. The quantitative estimate of drug-likeness (QED) is 0.110. The predicted molar refractivity (Wildman–Crippen MR) is 173 cm³/mol. The summed E-state index contributed by atoms with van der Waals surface area (Å²) in [4.78, 5) is 0. The molecule has 43 heavy (non-hydrogen) atoms. The van der Waals surface area contributed by atoms with Gasteiger partial charge < -0.3 is 37.2 Å². The molecule has 0 atom stereocenters. The Morgan fingerprint density at radius 2 is 0.860 bits per heavy atom. The molecule has 222 valence electrons. The fraction of sp³-hybridized carbons (Fsp3) is 0.237. The first-order chi connectivity index (χ1) is 18.8. The van der Waals surface area contributed by atoms with Gasteiger partial charge in [-0.05, 0) is 34.4 Å². The van der Waals surface area contributed by atoms with Gasteiger partial charge in [-0.1, -0.05) is 160 Å². The van der Waals surface area contributed by atoms with Crippen molar-refractivity contribution in [3.05, 3.63) is 138 Å². The standard InChI is InChI=1S/C38H41Si.3ClH.Ti/c1-27(2)31-16-10-19-34(24-31)39(35-20-11-17-32(25-35)28(3)4,36-21-12-18-33(26-36)29(5)6)38-23-13-22-37(38)30-14-8-7-9-15-30;;;;/h7-29H,1-6H3;3*1H;/q-1;;;;+4/p-3. The third-order valence-electron chi connectivity index (χ3n) is 8.26. The van der Waals surface area contributed by atoms with Crippen molar-refractivity contribution in [3.8, 4) is 11.1 Å². The Morgan fingerprint density at radius 3 is 1.23 bits per heavy atom. The van der Waals surface area contributed by atoms with E-state index < -0.39 is 8.07 Å². The van der Waals surface area contributed by atoms with Crippen LogP contribution in [0.4, 0.5) is 0 Å². The zero-order valence-corrected chi connectivity index (χ0v) is 30.7. The summed E-state index contributed by atoms with van der Waals surface area (Å²) in [6, 6.07) is 46.5. The first kappa shape index (κ1) is 39.1. The molecule has 5 aromatic carbocycles. The molecule has 5 heteroatoms. The average Bonchev–Trinajstić information content (AvgIpc) is 3.45. The Balaban J connectivity index is 0.00000231. The van der Waals surface area contributed by atoms with Gasteiger partial charge >= 0.3 is 21.7 Å². The number of hydrogen-bond acceptors (Lipinski definition) is 0. The van der Waals surface area contributed by atoms with Gasteiger partial charge in [-0.3, -0.25) is 0 Å². The van der Waals surface area contributed by atoms with Crippen molar-refractivity contribution in [2.75, 3.05) is 0 Å². The molecule has 0 heterocycles. The average molecular weight is 680 g/mol. The summed E-state index contributed by atoms with van der Waals surface area (Å²) in [5.74, 6) is 1.40. The third-order valence-corrected chi connectivity index (χ3v) is 13.0. The van der Waals surface area contributed by atoms with Crippen LogP contribution in [0.15, 0.2) is 121 Å². The number of halogens is 3. The second-order valence-electron chi connectivity index (χ2n) is 11.8. The molecule has 0 aliphatic rings. The van der Waals surface area contributed by atoms with Crippen LogP contribution in [0, 0.1) is 0 Å². The molecule has 0 nitrogen and oxygen atoms in total. The van der Waals surface area contributed by atoms with Crippen LogP contribution in [-0.2, 0) is 21.7 Å². The first-order valence-corrected chi connectivity index (χ1v) is 16.4. The molecule has 0 aliphatic heterocycles. The first-order valence-electron chi connectivity index (χ1n) is 14.4. The van der Waals surface area contributed by atoms with Gasteiger partial charge in [0.2, 0.25) is 0 Å². The van der Waals surface area contributed by atoms with Gasteiger partial charge in [0.15, 0.2) is 0 Å². The van der Waals surface area contributed by atoms with Gasteiger partial charge in [0.1, 0.15) is 8.07 Å². The minimum absolute atomic E-state index is 0. The van der Waals surface area contributed by atoms with Crippen molar-refractivity contribution in [2.45, 2.75) is 59.3 Å². The van der Waals surface area contributed by atoms with E-state index in [-0.39, 0.29) is 58.9 Å². The Labute approximate surface area is 294 Å². The SMILES string of the molecule is CC(C)c1cccc([Si](c2cccc(C(C)C)c2)(c2cccc(C(C)C)c2)[c-]2cccc2-c2ccccc2)c1.[Cl-].[Cl-].[Cl-].[Ti+4]. The van der Waals surface area contributed by atoms with Crippen molar-refractivity contribution >= 4 is 28.8 Å². The van der Waals surface area contributed by atoms with Crippen molar-refractivity contribution in [2.24, 2.45) is 0 Å². The molecule has 0 aliphatic carbocycles. The largest absolute Gasteiger partial charge is 4.00 e. The summed E-state index contributed by atoms with van der Waals surface area (Å²) in [5.41, 5.74) is 6.84. The van der Waals surface area contributed by atoms with E-state index in [4.69, 9.17) is 0 Å². The molecular weight excluding hydrogens is 639 g/mol. The summed E-state index contributed by atoms with van der Waals surface area (Å²) in [6.45, 7) is 13.8. The topological polar surface area (TPSA) is 0 Å². The summed E-state index contributed by atoms with van der Waals surface area (Å²) in [5, 5.41) is 5.84. The molecule has 0 saturated heterocycles. The third kappa shape index (κ3) is 7.82. The molecule has 0 fully saturated rings. The van der Waals surface area contributed by atoms with E-state index >= 15 is 0 Å². The number of benzene rings is 4. The monoisotopic (exact) mass is 678 g/mol. The van der Waals surface area contributed by atoms with Gasteiger partial charge in [0.05, 0.1) is 0 Å². The van der Waals surface area contributed by atoms with E-state index in [1.54, 1.807) is 0 Å². The zero-order chi connectivity index (χ0) is 27.6. The summed E-state index contributed by atoms with van der Waals surface area (Å²) in [6.07, 6.45) is 0. The molecular formula is C38H41Cl3SiTi. The number of hydrogen-bond donors (Lipinski definition) is 0. The predicted octanol–water partition coefficient (Wildman–Crippen LogP) is -1.17. The number of rotatable bonds is 8. The van der Waals surface area contributed by atoms with Crippen LogP contribution in [0.2, 0.25) is 0 Å². The van der Waals surface area contributed by atoms with Crippen LogP contribution < -0.4 is 58.0 Å². The summed E-state index contributed by atoms with van der Waals surface area (Å²) in [7, 11) is -2.71. The van der Waals surface area contributed by atoms with Gasteiger partial charge in [0.25, 0.3) is 0 Å². The van der Waals surface area contributed by atoms with E-state index in [1.165, 1.54) is 48.6 Å². The Kier molecular flexibility index (Phi) is 15.4.